The van der Waals surface area contributed by atoms with Gasteiger partial charge >= 0.3 is 5.30 Å². The Kier molecular flexibility index (Phi) is 10.6. The summed E-state index contributed by atoms with van der Waals surface area (Å²) in [6, 6.07) is 10.1. The Bertz CT molecular complexity index is 355. The number of carbonyl (C=O) groups is 1. The van der Waals surface area contributed by atoms with Crippen LogP contribution in [0.15, 0.2) is 30.3 Å². The maximum absolute atomic E-state index is 11.5. The predicted molar refractivity (Wildman–Crippen MR) is 90.1 cm³/mol. The number of carbonyl (C=O) groups excluding carboxylic acids is 1. The van der Waals surface area contributed by atoms with Gasteiger partial charge < -0.3 is 4.74 Å². The van der Waals surface area contributed by atoms with Crippen molar-refractivity contribution in [2.45, 2.75) is 51.2 Å². The molecule has 0 radical (unpaired) electrons. The van der Waals surface area contributed by atoms with Crippen molar-refractivity contribution in [2.75, 3.05) is 6.61 Å². The highest BCUT2D eigenvalue weighted by atomic mass is 33.1. The zero-order valence-electron chi connectivity index (χ0n) is 12.2. The summed E-state index contributed by atoms with van der Waals surface area (Å²) in [7, 11) is 2.73. The first-order valence-corrected chi connectivity index (χ1v) is 9.65. The van der Waals surface area contributed by atoms with Gasteiger partial charge in [0.15, 0.2) is 0 Å². The van der Waals surface area contributed by atoms with E-state index in [0.717, 1.165) is 18.6 Å². The highest BCUT2D eigenvalue weighted by molar-refractivity contribution is 8.81. The van der Waals surface area contributed by atoms with Gasteiger partial charge in [-0.1, -0.05) is 80.2 Å². The third-order valence-electron chi connectivity index (χ3n) is 2.91. The second-order valence-electron chi connectivity index (χ2n) is 4.70. The molecular weight excluding hydrogens is 288 g/mol. The van der Waals surface area contributed by atoms with Gasteiger partial charge in [-0.3, -0.25) is 0 Å². The summed E-state index contributed by atoms with van der Waals surface area (Å²) in [5.41, 5.74) is 1.23. The van der Waals surface area contributed by atoms with Gasteiger partial charge in [0.2, 0.25) is 0 Å². The van der Waals surface area contributed by atoms with Gasteiger partial charge in [-0.2, -0.15) is 0 Å². The number of hydrogen-bond donors (Lipinski definition) is 0. The molecule has 2 nitrogen and oxygen atoms in total. The average molecular weight is 312 g/mol. The second-order valence-corrected chi connectivity index (χ2v) is 6.93. The first kappa shape index (κ1) is 17.4. The lowest BCUT2D eigenvalue weighted by Gasteiger charge is -2.04. The normalized spacial score (nSPS) is 10.4. The lowest BCUT2D eigenvalue weighted by molar-refractivity contribution is 0.172. The van der Waals surface area contributed by atoms with E-state index in [1.165, 1.54) is 52.8 Å². The Morgan fingerprint density at radius 1 is 1.05 bits per heavy atom. The summed E-state index contributed by atoms with van der Waals surface area (Å²) >= 11 is 0. The van der Waals surface area contributed by atoms with Crippen molar-refractivity contribution >= 4 is 26.9 Å². The van der Waals surface area contributed by atoms with Crippen LogP contribution in [0.5, 0.6) is 0 Å². The van der Waals surface area contributed by atoms with E-state index < -0.39 is 0 Å². The van der Waals surface area contributed by atoms with Crippen molar-refractivity contribution in [1.82, 2.24) is 0 Å². The monoisotopic (exact) mass is 312 g/mol. The molecule has 1 aromatic rings. The molecule has 0 aliphatic rings. The highest BCUT2D eigenvalue weighted by Gasteiger charge is 2.04. The molecule has 0 saturated carbocycles. The standard InChI is InChI=1S/C16H24O2S2/c1-2-3-4-5-6-10-13-18-16(17)20-19-14-15-11-8-7-9-12-15/h7-9,11-12H,2-6,10,13-14H2,1H3. The van der Waals surface area contributed by atoms with Crippen molar-refractivity contribution in [3.8, 4) is 0 Å². The largest absolute Gasteiger partial charge is 0.457 e. The van der Waals surface area contributed by atoms with Crippen LogP contribution in [-0.2, 0) is 10.5 Å². The minimum Gasteiger partial charge on any atom is -0.457 e. The summed E-state index contributed by atoms with van der Waals surface area (Å²) in [4.78, 5) is 11.5. The maximum Gasteiger partial charge on any atom is 0.378 e. The van der Waals surface area contributed by atoms with E-state index in [0.29, 0.717) is 6.61 Å². The van der Waals surface area contributed by atoms with Crippen LogP contribution in [0.1, 0.15) is 51.0 Å². The van der Waals surface area contributed by atoms with Crippen molar-refractivity contribution in [3.63, 3.8) is 0 Å². The zero-order chi connectivity index (χ0) is 14.5. The molecule has 0 aliphatic heterocycles. The minimum atomic E-state index is -0.167. The number of rotatable bonds is 10. The van der Waals surface area contributed by atoms with E-state index >= 15 is 0 Å². The highest BCUT2D eigenvalue weighted by Crippen LogP contribution is 2.27. The smallest absolute Gasteiger partial charge is 0.378 e. The second kappa shape index (κ2) is 12.2. The molecule has 0 N–H and O–H groups in total. The summed E-state index contributed by atoms with van der Waals surface area (Å²) in [5.74, 6) is 0.831. The Morgan fingerprint density at radius 2 is 1.75 bits per heavy atom. The molecule has 1 aromatic carbocycles. The lowest BCUT2D eigenvalue weighted by atomic mass is 10.1. The molecular formula is C16H24O2S2. The van der Waals surface area contributed by atoms with Crippen LogP contribution in [-0.4, -0.2) is 11.9 Å². The number of benzene rings is 1. The first-order valence-electron chi connectivity index (χ1n) is 7.33. The number of ether oxygens (including phenoxy) is 1. The molecule has 1 rings (SSSR count). The molecule has 0 aliphatic carbocycles. The molecule has 20 heavy (non-hydrogen) atoms. The minimum absolute atomic E-state index is 0.167. The van der Waals surface area contributed by atoms with Crippen molar-refractivity contribution in [3.05, 3.63) is 35.9 Å². The molecule has 0 bridgehead atoms. The third-order valence-corrected chi connectivity index (χ3v) is 4.85. The predicted octanol–water partition coefficient (Wildman–Crippen LogP) is 6.07. The number of hydrogen-bond acceptors (Lipinski definition) is 4. The fourth-order valence-electron chi connectivity index (χ4n) is 1.78. The van der Waals surface area contributed by atoms with Gasteiger partial charge in [-0.05, 0) is 12.0 Å². The molecule has 0 unspecified atom stereocenters. The average Bonchev–Trinajstić information content (AvgIpc) is 2.47. The van der Waals surface area contributed by atoms with E-state index in [9.17, 15) is 4.79 Å². The number of unbranched alkanes of at least 4 members (excludes halogenated alkanes) is 5. The SMILES string of the molecule is CCCCCCCCOC(=O)SSCc1ccccc1. The summed E-state index contributed by atoms with van der Waals surface area (Å²) < 4.78 is 5.19. The van der Waals surface area contributed by atoms with Crippen LogP contribution in [0.4, 0.5) is 4.79 Å². The molecule has 0 aromatic heterocycles. The van der Waals surface area contributed by atoms with Gasteiger partial charge in [-0.15, -0.1) is 0 Å². The van der Waals surface area contributed by atoms with Crippen molar-refractivity contribution in [1.29, 1.82) is 0 Å². The molecule has 0 fully saturated rings. The fraction of sp³-hybridized carbons (Fsp3) is 0.562. The van der Waals surface area contributed by atoms with E-state index in [4.69, 9.17) is 4.74 Å². The topological polar surface area (TPSA) is 26.3 Å². The van der Waals surface area contributed by atoms with E-state index in [1.54, 1.807) is 0 Å². The van der Waals surface area contributed by atoms with Crippen molar-refractivity contribution < 1.29 is 9.53 Å². The van der Waals surface area contributed by atoms with Gasteiger partial charge in [0, 0.05) is 16.5 Å². The quantitative estimate of drug-likeness (QED) is 0.298. The van der Waals surface area contributed by atoms with Crippen LogP contribution >= 0.6 is 21.6 Å². The molecule has 0 atom stereocenters. The van der Waals surface area contributed by atoms with Crippen LogP contribution < -0.4 is 0 Å². The van der Waals surface area contributed by atoms with Crippen LogP contribution in [0.3, 0.4) is 0 Å². The summed E-state index contributed by atoms with van der Waals surface area (Å²) in [5, 5.41) is -0.167. The molecule has 112 valence electrons. The van der Waals surface area contributed by atoms with Gasteiger partial charge in [0.1, 0.15) is 0 Å². The van der Waals surface area contributed by atoms with Crippen LogP contribution in [0, 0.1) is 0 Å². The van der Waals surface area contributed by atoms with Gasteiger partial charge in [-0.25, -0.2) is 4.79 Å². The molecule has 0 heterocycles. The molecule has 0 saturated heterocycles. The fourth-order valence-corrected chi connectivity index (χ4v) is 3.41. The van der Waals surface area contributed by atoms with E-state index in [1.807, 2.05) is 18.2 Å². The Morgan fingerprint density at radius 3 is 2.50 bits per heavy atom. The third kappa shape index (κ3) is 9.32. The van der Waals surface area contributed by atoms with Gasteiger partial charge in [0.05, 0.1) is 6.61 Å². The first-order chi connectivity index (χ1) is 9.83. The summed E-state index contributed by atoms with van der Waals surface area (Å²) in [6.45, 7) is 2.77. The van der Waals surface area contributed by atoms with Gasteiger partial charge in [0.25, 0.3) is 0 Å². The maximum atomic E-state index is 11.5. The lowest BCUT2D eigenvalue weighted by Crippen LogP contribution is -1.98. The van der Waals surface area contributed by atoms with E-state index in [-0.39, 0.29) is 5.30 Å². The summed E-state index contributed by atoms with van der Waals surface area (Å²) in [6.07, 6.45) is 7.28. The Labute approximate surface area is 130 Å². The Balaban J connectivity index is 1.93. The molecule has 4 heteroatoms. The van der Waals surface area contributed by atoms with Crippen LogP contribution in [0.25, 0.3) is 0 Å². The van der Waals surface area contributed by atoms with Crippen LogP contribution in [0.2, 0.25) is 0 Å². The van der Waals surface area contributed by atoms with Crippen molar-refractivity contribution in [2.24, 2.45) is 0 Å². The zero-order valence-corrected chi connectivity index (χ0v) is 13.8. The Hall–Kier alpha value is -0.610. The molecule has 0 amide bonds. The molecule has 0 spiro atoms. The van der Waals surface area contributed by atoms with E-state index in [2.05, 4.69) is 19.1 Å².